The summed E-state index contributed by atoms with van der Waals surface area (Å²) < 4.78 is 5.58. The van der Waals surface area contributed by atoms with Crippen LogP contribution in [0.15, 0.2) is 30.3 Å². The van der Waals surface area contributed by atoms with Crippen LogP contribution in [0.5, 0.6) is 0 Å². The fraction of sp³-hybridized carbons (Fsp3) is 0.652. The van der Waals surface area contributed by atoms with Crippen molar-refractivity contribution < 1.29 is 14.3 Å². The van der Waals surface area contributed by atoms with Gasteiger partial charge in [-0.15, -0.1) is 0 Å². The molecule has 0 aromatic heterocycles. The molecule has 28 heavy (non-hydrogen) atoms. The predicted octanol–water partition coefficient (Wildman–Crippen LogP) is 2.93. The third kappa shape index (κ3) is 4.24. The maximum Gasteiger partial charge on any atom is 0.225 e. The molecule has 5 nitrogen and oxygen atoms in total. The Bertz CT molecular complexity index is 678. The van der Waals surface area contributed by atoms with E-state index in [0.717, 1.165) is 32.1 Å². The lowest BCUT2D eigenvalue weighted by Gasteiger charge is -2.37. The number of aryl methyl sites for hydroxylation is 1. The predicted molar refractivity (Wildman–Crippen MR) is 108 cm³/mol. The number of hydrogen-bond donors (Lipinski definition) is 1. The molecule has 1 unspecified atom stereocenters. The number of nitrogens with zero attached hydrogens (tertiary/aromatic N) is 1. The van der Waals surface area contributed by atoms with Crippen LogP contribution in [0.1, 0.15) is 50.5 Å². The number of rotatable bonds is 5. The fourth-order valence-electron chi connectivity index (χ4n) is 5.23. The Morgan fingerprint density at radius 3 is 2.54 bits per heavy atom. The van der Waals surface area contributed by atoms with E-state index in [1.807, 2.05) is 23.1 Å². The van der Waals surface area contributed by atoms with Gasteiger partial charge in [0.05, 0.1) is 5.92 Å². The van der Waals surface area contributed by atoms with Crippen LogP contribution < -0.4 is 5.32 Å². The zero-order valence-corrected chi connectivity index (χ0v) is 16.7. The molecule has 2 saturated heterocycles. The highest BCUT2D eigenvalue weighted by Gasteiger charge is 2.51. The van der Waals surface area contributed by atoms with Gasteiger partial charge in [0.1, 0.15) is 0 Å². The van der Waals surface area contributed by atoms with Crippen molar-refractivity contribution in [2.24, 2.45) is 11.3 Å². The molecular formula is C23H32N2O3. The van der Waals surface area contributed by atoms with Gasteiger partial charge < -0.3 is 15.0 Å². The van der Waals surface area contributed by atoms with Crippen molar-refractivity contribution in [3.63, 3.8) is 0 Å². The molecule has 5 heteroatoms. The van der Waals surface area contributed by atoms with Crippen molar-refractivity contribution in [1.82, 2.24) is 10.2 Å². The van der Waals surface area contributed by atoms with E-state index in [9.17, 15) is 9.59 Å². The molecule has 1 aromatic carbocycles. The summed E-state index contributed by atoms with van der Waals surface area (Å²) in [5, 5.41) is 3.29. The van der Waals surface area contributed by atoms with Gasteiger partial charge in [0, 0.05) is 44.2 Å². The number of ether oxygens (including phenoxy) is 1. The molecule has 2 amide bonds. The minimum absolute atomic E-state index is 0.0994. The van der Waals surface area contributed by atoms with E-state index < -0.39 is 0 Å². The van der Waals surface area contributed by atoms with Crippen LogP contribution in [0.25, 0.3) is 0 Å². The van der Waals surface area contributed by atoms with Crippen LogP contribution in [-0.4, -0.2) is 49.1 Å². The van der Waals surface area contributed by atoms with Crippen LogP contribution in [-0.2, 0) is 20.7 Å². The van der Waals surface area contributed by atoms with E-state index in [2.05, 4.69) is 17.4 Å². The number of likely N-dealkylation sites (tertiary alicyclic amines) is 1. The number of amides is 2. The smallest absolute Gasteiger partial charge is 0.225 e. The number of carbonyl (C=O) groups is 2. The molecule has 2 heterocycles. The summed E-state index contributed by atoms with van der Waals surface area (Å²) in [5.74, 6) is 0.232. The molecule has 1 aromatic rings. The standard InChI is InChI=1S/C23H32N2O3/c26-21(11-10-18-6-2-1-3-7-18)25-16-20(22(27)24-19-8-4-5-9-19)23(17-25)12-14-28-15-13-23/h1-3,6-7,19-20H,4-5,8-17H2,(H,24,27). The second kappa shape index (κ2) is 8.64. The van der Waals surface area contributed by atoms with Crippen molar-refractivity contribution >= 4 is 11.8 Å². The van der Waals surface area contributed by atoms with Crippen molar-refractivity contribution in [3.05, 3.63) is 35.9 Å². The average Bonchev–Trinajstić information content (AvgIpc) is 3.36. The normalized spacial score (nSPS) is 24.6. The summed E-state index contributed by atoms with van der Waals surface area (Å²) in [5.41, 5.74) is 1.08. The molecule has 1 atom stereocenters. The van der Waals surface area contributed by atoms with Gasteiger partial charge in [-0.1, -0.05) is 43.2 Å². The molecule has 2 aliphatic heterocycles. The van der Waals surface area contributed by atoms with E-state index in [0.29, 0.717) is 38.8 Å². The van der Waals surface area contributed by atoms with Crippen molar-refractivity contribution in [1.29, 1.82) is 0 Å². The molecule has 1 N–H and O–H groups in total. The van der Waals surface area contributed by atoms with Gasteiger partial charge in [-0.2, -0.15) is 0 Å². The van der Waals surface area contributed by atoms with Crippen LogP contribution >= 0.6 is 0 Å². The molecular weight excluding hydrogens is 352 g/mol. The average molecular weight is 385 g/mol. The van der Waals surface area contributed by atoms with Gasteiger partial charge in [-0.05, 0) is 37.7 Å². The summed E-state index contributed by atoms with van der Waals surface area (Å²) in [6.07, 6.45) is 7.61. The van der Waals surface area contributed by atoms with E-state index in [1.165, 1.54) is 18.4 Å². The van der Waals surface area contributed by atoms with Crippen molar-refractivity contribution in [3.8, 4) is 0 Å². The Hall–Kier alpha value is -1.88. The third-order valence-electron chi connectivity index (χ3n) is 6.98. The second-order valence-corrected chi connectivity index (χ2v) is 8.78. The van der Waals surface area contributed by atoms with Gasteiger partial charge in [-0.3, -0.25) is 9.59 Å². The lowest BCUT2D eigenvalue weighted by Crippen LogP contribution is -2.46. The first-order chi connectivity index (χ1) is 13.7. The Labute approximate surface area is 167 Å². The monoisotopic (exact) mass is 384 g/mol. The molecule has 4 rings (SSSR count). The first kappa shape index (κ1) is 19.4. The van der Waals surface area contributed by atoms with Crippen molar-refractivity contribution in [2.75, 3.05) is 26.3 Å². The van der Waals surface area contributed by atoms with Gasteiger partial charge in [0.15, 0.2) is 0 Å². The van der Waals surface area contributed by atoms with Gasteiger partial charge in [-0.25, -0.2) is 0 Å². The maximum absolute atomic E-state index is 13.1. The molecule has 1 aliphatic carbocycles. The Balaban J connectivity index is 1.41. The highest BCUT2D eigenvalue weighted by Crippen LogP contribution is 2.44. The second-order valence-electron chi connectivity index (χ2n) is 8.78. The van der Waals surface area contributed by atoms with Crippen LogP contribution in [0.3, 0.4) is 0 Å². The molecule has 3 fully saturated rings. The highest BCUT2D eigenvalue weighted by molar-refractivity contribution is 5.83. The Kier molecular flexibility index (Phi) is 6.00. The number of nitrogens with one attached hydrogen (secondary N) is 1. The molecule has 1 saturated carbocycles. The minimum atomic E-state index is -0.108. The number of benzene rings is 1. The van der Waals surface area contributed by atoms with Crippen molar-refractivity contribution in [2.45, 2.75) is 57.4 Å². The Morgan fingerprint density at radius 2 is 1.82 bits per heavy atom. The van der Waals surface area contributed by atoms with E-state index >= 15 is 0 Å². The molecule has 152 valence electrons. The van der Waals surface area contributed by atoms with Crippen LogP contribution in [0.2, 0.25) is 0 Å². The van der Waals surface area contributed by atoms with Crippen LogP contribution in [0.4, 0.5) is 0 Å². The third-order valence-corrected chi connectivity index (χ3v) is 6.98. The SMILES string of the molecule is O=C(NC1CCCC1)C1CN(C(=O)CCc2ccccc2)CC12CCOCC2. The van der Waals surface area contributed by atoms with Gasteiger partial charge in [0.2, 0.25) is 11.8 Å². The van der Waals surface area contributed by atoms with Gasteiger partial charge in [0.25, 0.3) is 0 Å². The molecule has 0 radical (unpaired) electrons. The Morgan fingerprint density at radius 1 is 1.11 bits per heavy atom. The quantitative estimate of drug-likeness (QED) is 0.849. The lowest BCUT2D eigenvalue weighted by molar-refractivity contribution is -0.130. The lowest BCUT2D eigenvalue weighted by atomic mass is 9.71. The van der Waals surface area contributed by atoms with Gasteiger partial charge >= 0.3 is 0 Å². The summed E-state index contributed by atoms with van der Waals surface area (Å²) in [4.78, 5) is 28.0. The molecule has 1 spiro atoms. The largest absolute Gasteiger partial charge is 0.381 e. The topological polar surface area (TPSA) is 58.6 Å². The zero-order valence-electron chi connectivity index (χ0n) is 16.7. The van der Waals surface area contributed by atoms with E-state index in [4.69, 9.17) is 4.74 Å². The maximum atomic E-state index is 13.1. The molecule has 0 bridgehead atoms. The highest BCUT2D eigenvalue weighted by atomic mass is 16.5. The van der Waals surface area contributed by atoms with Crippen LogP contribution in [0, 0.1) is 11.3 Å². The number of hydrogen-bond acceptors (Lipinski definition) is 3. The summed E-state index contributed by atoms with van der Waals surface area (Å²) in [7, 11) is 0. The zero-order chi connectivity index (χ0) is 19.4. The summed E-state index contributed by atoms with van der Waals surface area (Å²) >= 11 is 0. The fourth-order valence-corrected chi connectivity index (χ4v) is 5.23. The van der Waals surface area contributed by atoms with E-state index in [-0.39, 0.29) is 23.1 Å². The summed E-state index contributed by atoms with van der Waals surface area (Å²) in [6.45, 7) is 2.65. The van der Waals surface area contributed by atoms with E-state index in [1.54, 1.807) is 0 Å². The first-order valence-electron chi connectivity index (χ1n) is 10.9. The first-order valence-corrected chi connectivity index (χ1v) is 10.9. The molecule has 3 aliphatic rings. The number of carbonyl (C=O) groups excluding carboxylic acids is 2. The minimum Gasteiger partial charge on any atom is -0.381 e. The summed E-state index contributed by atoms with van der Waals surface area (Å²) in [6, 6.07) is 10.5.